The Morgan fingerprint density at radius 3 is 2.85 bits per heavy atom. The number of anilines is 1. The maximum absolute atomic E-state index is 13.5. The number of ether oxygens (including phenoxy) is 1. The van der Waals surface area contributed by atoms with Gasteiger partial charge >= 0.3 is 0 Å². The molecule has 114 valence electrons. The van der Waals surface area contributed by atoms with Crippen molar-refractivity contribution < 1.29 is 14.2 Å². The van der Waals surface area contributed by atoms with Crippen molar-refractivity contribution in [2.24, 2.45) is 5.92 Å². The SMILES string of the molecule is CC(C)CCCOCC(O)CNc1cc(Br)ccc1F. The lowest BCUT2D eigenvalue weighted by molar-refractivity contribution is 0.0409. The van der Waals surface area contributed by atoms with Crippen molar-refractivity contribution in [1.29, 1.82) is 0 Å². The van der Waals surface area contributed by atoms with Crippen molar-refractivity contribution in [2.75, 3.05) is 25.1 Å². The Labute approximate surface area is 128 Å². The molecule has 20 heavy (non-hydrogen) atoms. The van der Waals surface area contributed by atoms with Gasteiger partial charge in [-0.1, -0.05) is 29.8 Å². The summed E-state index contributed by atoms with van der Waals surface area (Å²) in [6.45, 7) is 5.52. The van der Waals surface area contributed by atoms with Gasteiger partial charge in [-0.15, -0.1) is 0 Å². The minimum atomic E-state index is -0.646. The number of rotatable bonds is 9. The first-order valence-electron chi connectivity index (χ1n) is 6.93. The summed E-state index contributed by atoms with van der Waals surface area (Å²) in [5.41, 5.74) is 0.373. The van der Waals surface area contributed by atoms with E-state index in [4.69, 9.17) is 4.74 Å². The number of hydrogen-bond acceptors (Lipinski definition) is 3. The molecular weight excluding hydrogens is 325 g/mol. The summed E-state index contributed by atoms with van der Waals surface area (Å²) in [6.07, 6.45) is 1.47. The van der Waals surface area contributed by atoms with E-state index in [0.717, 1.165) is 17.3 Å². The molecule has 2 N–H and O–H groups in total. The van der Waals surface area contributed by atoms with Crippen molar-refractivity contribution >= 4 is 21.6 Å². The Morgan fingerprint density at radius 1 is 1.40 bits per heavy atom. The molecule has 1 aromatic carbocycles. The van der Waals surface area contributed by atoms with Crippen LogP contribution < -0.4 is 5.32 Å². The van der Waals surface area contributed by atoms with Crippen molar-refractivity contribution in [3.63, 3.8) is 0 Å². The van der Waals surface area contributed by atoms with Gasteiger partial charge in [0, 0.05) is 17.6 Å². The van der Waals surface area contributed by atoms with E-state index in [1.54, 1.807) is 12.1 Å². The van der Waals surface area contributed by atoms with Crippen molar-refractivity contribution in [2.45, 2.75) is 32.8 Å². The highest BCUT2D eigenvalue weighted by atomic mass is 79.9. The highest BCUT2D eigenvalue weighted by molar-refractivity contribution is 9.10. The maximum atomic E-state index is 13.5. The van der Waals surface area contributed by atoms with Crippen LogP contribution >= 0.6 is 15.9 Å². The summed E-state index contributed by atoms with van der Waals surface area (Å²) in [5.74, 6) is 0.336. The molecule has 0 saturated heterocycles. The fourth-order valence-corrected chi connectivity index (χ4v) is 2.09. The lowest BCUT2D eigenvalue weighted by Gasteiger charge is -2.14. The molecule has 1 aromatic rings. The van der Waals surface area contributed by atoms with Gasteiger partial charge in [0.1, 0.15) is 5.82 Å². The highest BCUT2D eigenvalue weighted by Crippen LogP contribution is 2.19. The molecule has 0 fully saturated rings. The van der Waals surface area contributed by atoms with Gasteiger partial charge in [0.2, 0.25) is 0 Å². The molecule has 0 spiro atoms. The molecule has 5 heteroatoms. The van der Waals surface area contributed by atoms with Crippen LogP contribution in [0.4, 0.5) is 10.1 Å². The summed E-state index contributed by atoms with van der Waals surface area (Å²) >= 11 is 3.28. The second-order valence-electron chi connectivity index (χ2n) is 5.27. The van der Waals surface area contributed by atoms with Crippen LogP contribution in [0.1, 0.15) is 26.7 Å². The summed E-state index contributed by atoms with van der Waals surface area (Å²) in [6, 6.07) is 4.65. The first-order valence-corrected chi connectivity index (χ1v) is 7.73. The number of halogens is 2. The first-order chi connectivity index (χ1) is 9.49. The van der Waals surface area contributed by atoms with Gasteiger partial charge in [0.15, 0.2) is 0 Å². The number of aliphatic hydroxyl groups excluding tert-OH is 1. The van der Waals surface area contributed by atoms with Crippen LogP contribution in [-0.4, -0.2) is 31.0 Å². The quantitative estimate of drug-likeness (QED) is 0.667. The zero-order chi connectivity index (χ0) is 15.0. The van der Waals surface area contributed by atoms with Crippen molar-refractivity contribution in [3.8, 4) is 0 Å². The second-order valence-corrected chi connectivity index (χ2v) is 6.19. The molecule has 0 aliphatic carbocycles. The van der Waals surface area contributed by atoms with Crippen molar-refractivity contribution in [3.05, 3.63) is 28.5 Å². The van der Waals surface area contributed by atoms with Crippen LogP contribution in [0.2, 0.25) is 0 Å². The van der Waals surface area contributed by atoms with Gasteiger partial charge in [-0.3, -0.25) is 0 Å². The van der Waals surface area contributed by atoms with E-state index in [1.807, 2.05) is 0 Å². The van der Waals surface area contributed by atoms with Gasteiger partial charge < -0.3 is 15.2 Å². The summed E-state index contributed by atoms with van der Waals surface area (Å²) in [5, 5.41) is 12.6. The Morgan fingerprint density at radius 2 is 2.15 bits per heavy atom. The van der Waals surface area contributed by atoms with Crippen LogP contribution in [0.25, 0.3) is 0 Å². The van der Waals surface area contributed by atoms with Crippen LogP contribution in [0.3, 0.4) is 0 Å². The Kier molecular flexibility index (Phi) is 8.11. The van der Waals surface area contributed by atoms with E-state index in [1.165, 1.54) is 6.07 Å². The van der Waals surface area contributed by atoms with Crippen LogP contribution in [-0.2, 0) is 4.74 Å². The molecule has 0 aromatic heterocycles. The number of hydrogen-bond donors (Lipinski definition) is 2. The van der Waals surface area contributed by atoms with Crippen LogP contribution in [0, 0.1) is 11.7 Å². The molecule has 1 rings (SSSR count). The third-order valence-corrected chi connectivity index (χ3v) is 3.33. The lowest BCUT2D eigenvalue weighted by atomic mass is 10.1. The standard InChI is InChI=1S/C15H23BrFNO2/c1-11(2)4-3-7-20-10-13(19)9-18-15-8-12(16)5-6-14(15)17/h5-6,8,11,13,18-19H,3-4,7,9-10H2,1-2H3. The molecule has 0 aliphatic rings. The average Bonchev–Trinajstić information content (AvgIpc) is 2.39. The fraction of sp³-hybridized carbons (Fsp3) is 0.600. The smallest absolute Gasteiger partial charge is 0.146 e. The second kappa shape index (κ2) is 9.32. The van der Waals surface area contributed by atoms with E-state index in [-0.39, 0.29) is 19.0 Å². The topological polar surface area (TPSA) is 41.5 Å². The molecule has 1 unspecified atom stereocenters. The monoisotopic (exact) mass is 347 g/mol. The molecule has 0 amide bonds. The van der Waals surface area contributed by atoms with Gasteiger partial charge in [-0.2, -0.15) is 0 Å². The third-order valence-electron chi connectivity index (χ3n) is 2.84. The molecule has 0 radical (unpaired) electrons. The summed E-state index contributed by atoms with van der Waals surface area (Å²) in [7, 11) is 0. The van der Waals surface area contributed by atoms with Gasteiger partial charge in [-0.25, -0.2) is 4.39 Å². The third kappa shape index (κ3) is 7.22. The predicted octanol–water partition coefficient (Wildman–Crippen LogP) is 3.81. The molecule has 0 saturated carbocycles. The summed E-state index contributed by atoms with van der Waals surface area (Å²) in [4.78, 5) is 0. The Hall–Kier alpha value is -0.650. The Bertz CT molecular complexity index is 401. The van der Waals surface area contributed by atoms with E-state index < -0.39 is 6.10 Å². The highest BCUT2D eigenvalue weighted by Gasteiger charge is 2.07. The number of aliphatic hydroxyl groups is 1. The molecular formula is C15H23BrFNO2. The van der Waals surface area contributed by atoms with E-state index in [0.29, 0.717) is 18.2 Å². The maximum Gasteiger partial charge on any atom is 0.146 e. The van der Waals surface area contributed by atoms with E-state index in [2.05, 4.69) is 35.1 Å². The van der Waals surface area contributed by atoms with Crippen LogP contribution in [0.5, 0.6) is 0 Å². The minimum absolute atomic E-state index is 0.261. The number of nitrogens with one attached hydrogen (secondary N) is 1. The predicted molar refractivity (Wildman–Crippen MR) is 83.5 cm³/mol. The van der Waals surface area contributed by atoms with Gasteiger partial charge in [0.05, 0.1) is 18.4 Å². The van der Waals surface area contributed by atoms with Gasteiger partial charge in [0.25, 0.3) is 0 Å². The molecule has 0 heterocycles. The average molecular weight is 348 g/mol. The molecule has 0 bridgehead atoms. The lowest BCUT2D eigenvalue weighted by Crippen LogP contribution is -2.25. The van der Waals surface area contributed by atoms with E-state index in [9.17, 15) is 9.50 Å². The zero-order valence-electron chi connectivity index (χ0n) is 12.0. The first kappa shape index (κ1) is 17.4. The molecule has 0 aliphatic heterocycles. The molecule has 3 nitrogen and oxygen atoms in total. The van der Waals surface area contributed by atoms with Crippen LogP contribution in [0.15, 0.2) is 22.7 Å². The molecule has 1 atom stereocenters. The fourth-order valence-electron chi connectivity index (χ4n) is 1.73. The number of benzene rings is 1. The summed E-state index contributed by atoms with van der Waals surface area (Å²) < 4.78 is 19.6. The normalized spacial score (nSPS) is 12.7. The van der Waals surface area contributed by atoms with Crippen molar-refractivity contribution in [1.82, 2.24) is 0 Å². The van der Waals surface area contributed by atoms with Gasteiger partial charge in [-0.05, 0) is 37.0 Å². The Balaban J connectivity index is 2.19. The van der Waals surface area contributed by atoms with E-state index >= 15 is 0 Å². The largest absolute Gasteiger partial charge is 0.389 e. The minimum Gasteiger partial charge on any atom is -0.389 e. The zero-order valence-corrected chi connectivity index (χ0v) is 13.6.